The average Bonchev–Trinajstić information content (AvgIpc) is 2.67. The minimum atomic E-state index is -0.553. The Labute approximate surface area is 150 Å². The van der Waals surface area contributed by atoms with Crippen LogP contribution in [0.25, 0.3) is 0 Å². The van der Waals surface area contributed by atoms with Crippen LogP contribution in [0.15, 0.2) is 42.5 Å². The number of esters is 2. The van der Waals surface area contributed by atoms with Crippen molar-refractivity contribution >= 4 is 23.5 Å². The zero-order chi connectivity index (χ0) is 19.1. The summed E-state index contributed by atoms with van der Waals surface area (Å²) in [7, 11) is 2.55. The lowest BCUT2D eigenvalue weighted by Gasteiger charge is -2.12. The molecule has 136 valence electrons. The van der Waals surface area contributed by atoms with Crippen molar-refractivity contribution in [1.82, 2.24) is 0 Å². The number of amides is 1. The molecule has 7 heteroatoms. The number of benzene rings is 2. The highest BCUT2D eigenvalue weighted by molar-refractivity contribution is 5.96. The summed E-state index contributed by atoms with van der Waals surface area (Å²) in [4.78, 5) is 35.5. The van der Waals surface area contributed by atoms with Gasteiger partial charge in [0.25, 0.3) is 5.91 Å². The van der Waals surface area contributed by atoms with Crippen LogP contribution in [0, 0.1) is 6.92 Å². The Balaban J connectivity index is 2.06. The van der Waals surface area contributed by atoms with Gasteiger partial charge in [-0.2, -0.15) is 0 Å². The van der Waals surface area contributed by atoms with Gasteiger partial charge in [0.1, 0.15) is 11.3 Å². The third-order valence-electron chi connectivity index (χ3n) is 3.58. The van der Waals surface area contributed by atoms with E-state index in [-0.39, 0.29) is 17.9 Å². The highest BCUT2D eigenvalue weighted by atomic mass is 16.5. The fourth-order valence-electron chi connectivity index (χ4n) is 2.20. The van der Waals surface area contributed by atoms with E-state index in [9.17, 15) is 14.4 Å². The molecule has 26 heavy (non-hydrogen) atoms. The Morgan fingerprint density at radius 3 is 2.35 bits per heavy atom. The summed E-state index contributed by atoms with van der Waals surface area (Å²) in [5.74, 6) is -1.24. The molecular weight excluding hydrogens is 338 g/mol. The van der Waals surface area contributed by atoms with Crippen molar-refractivity contribution < 1.29 is 28.6 Å². The van der Waals surface area contributed by atoms with Gasteiger partial charge in [-0.05, 0) is 36.8 Å². The number of nitrogens with one attached hydrogen (secondary N) is 1. The molecule has 0 aliphatic rings. The fourth-order valence-corrected chi connectivity index (χ4v) is 2.20. The van der Waals surface area contributed by atoms with E-state index < -0.39 is 17.8 Å². The molecule has 0 heterocycles. The van der Waals surface area contributed by atoms with Gasteiger partial charge in [0.2, 0.25) is 0 Å². The summed E-state index contributed by atoms with van der Waals surface area (Å²) in [6, 6.07) is 11.3. The van der Waals surface area contributed by atoms with Crippen LogP contribution in [0.5, 0.6) is 5.75 Å². The minimum Gasteiger partial charge on any atom is -0.483 e. The smallest absolute Gasteiger partial charge is 0.341 e. The summed E-state index contributed by atoms with van der Waals surface area (Å²) >= 11 is 0. The van der Waals surface area contributed by atoms with Crippen molar-refractivity contribution in [2.45, 2.75) is 6.92 Å². The molecule has 0 radical (unpaired) electrons. The first kappa shape index (κ1) is 19.0. The lowest BCUT2D eigenvalue weighted by Crippen LogP contribution is -2.21. The quantitative estimate of drug-likeness (QED) is 0.799. The van der Waals surface area contributed by atoms with Crippen LogP contribution >= 0.6 is 0 Å². The van der Waals surface area contributed by atoms with Gasteiger partial charge in [-0.1, -0.05) is 18.2 Å². The zero-order valence-electron chi connectivity index (χ0n) is 14.7. The number of aryl methyl sites for hydroxylation is 1. The molecule has 1 N–H and O–H groups in total. The standard InChI is InChI=1S/C19H19NO6/c1-12-8-9-13(18(22)24-2)10-15(12)20-17(21)11-26-16-7-5-4-6-14(16)19(23)25-3/h4-10H,11H2,1-3H3,(H,20,21). The number of anilines is 1. The Morgan fingerprint density at radius 1 is 0.962 bits per heavy atom. The van der Waals surface area contributed by atoms with Crippen molar-refractivity contribution in [3.8, 4) is 5.75 Å². The number of hydrogen-bond acceptors (Lipinski definition) is 6. The van der Waals surface area contributed by atoms with Crippen LogP contribution < -0.4 is 10.1 Å². The highest BCUT2D eigenvalue weighted by Gasteiger charge is 2.14. The van der Waals surface area contributed by atoms with E-state index in [1.165, 1.54) is 20.3 Å². The lowest BCUT2D eigenvalue weighted by molar-refractivity contribution is -0.118. The third kappa shape index (κ3) is 4.60. The normalized spacial score (nSPS) is 9.96. The van der Waals surface area contributed by atoms with E-state index in [1.54, 1.807) is 43.3 Å². The van der Waals surface area contributed by atoms with Crippen LogP contribution in [0.1, 0.15) is 26.3 Å². The molecule has 0 fully saturated rings. The predicted octanol–water partition coefficient (Wildman–Crippen LogP) is 2.59. The van der Waals surface area contributed by atoms with Gasteiger partial charge in [0.15, 0.2) is 6.61 Å². The maximum absolute atomic E-state index is 12.2. The first-order chi connectivity index (χ1) is 12.5. The third-order valence-corrected chi connectivity index (χ3v) is 3.58. The first-order valence-corrected chi connectivity index (χ1v) is 7.75. The molecule has 2 aromatic carbocycles. The maximum atomic E-state index is 12.2. The molecule has 0 unspecified atom stereocenters. The van der Waals surface area contributed by atoms with Gasteiger partial charge in [0, 0.05) is 5.69 Å². The van der Waals surface area contributed by atoms with Crippen molar-refractivity contribution in [3.05, 3.63) is 59.2 Å². The van der Waals surface area contributed by atoms with Crippen LogP contribution in [-0.2, 0) is 14.3 Å². The van der Waals surface area contributed by atoms with Gasteiger partial charge < -0.3 is 19.5 Å². The number of rotatable bonds is 6. The summed E-state index contributed by atoms with van der Waals surface area (Å²) in [6.07, 6.45) is 0. The van der Waals surface area contributed by atoms with Crippen molar-refractivity contribution in [2.75, 3.05) is 26.1 Å². The van der Waals surface area contributed by atoms with E-state index in [0.717, 1.165) is 5.56 Å². The van der Waals surface area contributed by atoms with Crippen LogP contribution in [0.4, 0.5) is 5.69 Å². The maximum Gasteiger partial charge on any atom is 0.341 e. The van der Waals surface area contributed by atoms with Crippen LogP contribution in [0.2, 0.25) is 0 Å². The van der Waals surface area contributed by atoms with Crippen LogP contribution in [-0.4, -0.2) is 38.7 Å². The SMILES string of the molecule is COC(=O)c1ccc(C)c(NC(=O)COc2ccccc2C(=O)OC)c1. The number of carbonyl (C=O) groups is 3. The summed E-state index contributed by atoms with van der Waals surface area (Å²) in [5, 5.41) is 2.67. The second kappa shape index (κ2) is 8.66. The topological polar surface area (TPSA) is 90.9 Å². The van der Waals surface area contributed by atoms with Gasteiger partial charge in [-0.25, -0.2) is 9.59 Å². The van der Waals surface area contributed by atoms with E-state index in [1.807, 2.05) is 0 Å². The van der Waals surface area contributed by atoms with Crippen molar-refractivity contribution in [3.63, 3.8) is 0 Å². The summed E-state index contributed by atoms with van der Waals surface area (Å²) in [5.41, 5.74) is 1.81. The molecular formula is C19H19NO6. The molecule has 0 atom stereocenters. The predicted molar refractivity (Wildman–Crippen MR) is 94.4 cm³/mol. The monoisotopic (exact) mass is 357 g/mol. The molecule has 2 aromatic rings. The molecule has 2 rings (SSSR count). The Hall–Kier alpha value is -3.35. The van der Waals surface area contributed by atoms with Gasteiger partial charge in [-0.15, -0.1) is 0 Å². The second-order valence-electron chi connectivity index (χ2n) is 5.35. The van der Waals surface area contributed by atoms with Gasteiger partial charge >= 0.3 is 11.9 Å². The number of ether oxygens (including phenoxy) is 3. The average molecular weight is 357 g/mol. The molecule has 0 saturated carbocycles. The van der Waals surface area contributed by atoms with Gasteiger partial charge in [-0.3, -0.25) is 4.79 Å². The minimum absolute atomic E-state index is 0.228. The lowest BCUT2D eigenvalue weighted by atomic mass is 10.1. The fraction of sp³-hybridized carbons (Fsp3) is 0.211. The van der Waals surface area contributed by atoms with Crippen molar-refractivity contribution in [1.29, 1.82) is 0 Å². The number of hydrogen-bond donors (Lipinski definition) is 1. The zero-order valence-corrected chi connectivity index (χ0v) is 14.7. The largest absolute Gasteiger partial charge is 0.483 e. The van der Waals surface area contributed by atoms with E-state index in [4.69, 9.17) is 4.74 Å². The van der Waals surface area contributed by atoms with E-state index in [0.29, 0.717) is 11.3 Å². The van der Waals surface area contributed by atoms with E-state index in [2.05, 4.69) is 14.8 Å². The summed E-state index contributed by atoms with van der Waals surface area (Å²) in [6.45, 7) is 1.49. The van der Waals surface area contributed by atoms with E-state index >= 15 is 0 Å². The first-order valence-electron chi connectivity index (χ1n) is 7.75. The van der Waals surface area contributed by atoms with Crippen LogP contribution in [0.3, 0.4) is 0 Å². The molecule has 0 aliphatic heterocycles. The number of carbonyl (C=O) groups excluding carboxylic acids is 3. The highest BCUT2D eigenvalue weighted by Crippen LogP contribution is 2.20. The molecule has 7 nitrogen and oxygen atoms in total. The summed E-state index contributed by atoms with van der Waals surface area (Å²) < 4.78 is 14.8. The number of methoxy groups -OCH3 is 2. The molecule has 0 spiro atoms. The molecule has 0 aromatic heterocycles. The molecule has 0 bridgehead atoms. The second-order valence-corrected chi connectivity index (χ2v) is 5.35. The van der Waals surface area contributed by atoms with Gasteiger partial charge in [0.05, 0.1) is 19.8 Å². The van der Waals surface area contributed by atoms with Crippen molar-refractivity contribution in [2.24, 2.45) is 0 Å². The Kier molecular flexibility index (Phi) is 6.32. The molecule has 1 amide bonds. The Bertz CT molecular complexity index is 831. The molecule has 0 saturated heterocycles. The molecule has 0 aliphatic carbocycles. The number of para-hydroxylation sites is 1. The Morgan fingerprint density at radius 2 is 1.65 bits per heavy atom.